The van der Waals surface area contributed by atoms with Crippen molar-refractivity contribution in [1.82, 2.24) is 0 Å². The first-order chi connectivity index (χ1) is 10.1. The van der Waals surface area contributed by atoms with Crippen molar-refractivity contribution in [2.24, 2.45) is 0 Å². The first kappa shape index (κ1) is 23.6. The van der Waals surface area contributed by atoms with Crippen LogP contribution in [0.15, 0.2) is 0 Å². The maximum Gasteiger partial charge on any atom is 0.0908 e. The zero-order chi connectivity index (χ0) is 16.3. The minimum atomic E-state index is -0.667. The molecule has 0 amide bonds. The summed E-state index contributed by atoms with van der Waals surface area (Å²) in [5, 5.41) is 34.3. The number of alkyl halides is 2. The topological polar surface area (TPSA) is 109 Å². The molecule has 0 aromatic heterocycles. The molecule has 9 heteroatoms. The normalized spacial score (nSPS) is 13.4. The SMILES string of the molecule is OC(CCl)COCC(O)CCl.OCCOCCOCCO. The van der Waals surface area contributed by atoms with Gasteiger partial charge in [-0.15, -0.1) is 23.2 Å². The highest BCUT2D eigenvalue weighted by Gasteiger charge is 2.05. The average Bonchev–Trinajstić information content (AvgIpc) is 2.51. The minimum absolute atomic E-state index is 0.0417. The van der Waals surface area contributed by atoms with E-state index in [9.17, 15) is 0 Å². The zero-order valence-corrected chi connectivity index (χ0v) is 13.5. The predicted molar refractivity (Wildman–Crippen MR) is 80.1 cm³/mol. The van der Waals surface area contributed by atoms with Crippen molar-refractivity contribution in [1.29, 1.82) is 0 Å². The van der Waals surface area contributed by atoms with Crippen molar-refractivity contribution in [2.75, 3.05) is 64.6 Å². The Morgan fingerprint density at radius 3 is 1.33 bits per heavy atom. The van der Waals surface area contributed by atoms with Crippen LogP contribution in [0.2, 0.25) is 0 Å². The number of halogens is 2. The highest BCUT2D eigenvalue weighted by Crippen LogP contribution is 1.92. The summed E-state index contributed by atoms with van der Waals surface area (Å²) in [4.78, 5) is 0. The monoisotopic (exact) mass is 352 g/mol. The van der Waals surface area contributed by atoms with Gasteiger partial charge in [0.2, 0.25) is 0 Å². The molecule has 2 atom stereocenters. The van der Waals surface area contributed by atoms with Crippen molar-refractivity contribution < 1.29 is 34.6 Å². The van der Waals surface area contributed by atoms with Crippen molar-refractivity contribution in [3.05, 3.63) is 0 Å². The van der Waals surface area contributed by atoms with E-state index >= 15 is 0 Å². The van der Waals surface area contributed by atoms with Crippen LogP contribution in [0.5, 0.6) is 0 Å². The van der Waals surface area contributed by atoms with Crippen molar-refractivity contribution in [3.63, 3.8) is 0 Å². The molecule has 0 heterocycles. The lowest BCUT2D eigenvalue weighted by atomic mass is 10.4. The third-order valence-corrected chi connectivity index (χ3v) is 2.53. The summed E-state index contributed by atoms with van der Waals surface area (Å²) in [7, 11) is 0. The Hall–Kier alpha value is 0.300. The smallest absolute Gasteiger partial charge is 0.0908 e. The van der Waals surface area contributed by atoms with E-state index in [-0.39, 0.29) is 38.2 Å². The lowest BCUT2D eigenvalue weighted by Gasteiger charge is -2.10. The number of hydrogen-bond donors (Lipinski definition) is 4. The van der Waals surface area contributed by atoms with Gasteiger partial charge in [-0.1, -0.05) is 0 Å². The van der Waals surface area contributed by atoms with Crippen LogP contribution in [-0.4, -0.2) is 97.2 Å². The standard InChI is InChI=1S/C6H12Cl2O3.C6H14O4/c7-1-5(9)3-11-4-6(10)2-8;7-1-3-9-5-6-10-4-2-8/h5-6,9-10H,1-4H2;7-8H,1-6H2. The number of ether oxygens (including phenoxy) is 3. The fourth-order valence-corrected chi connectivity index (χ4v) is 1.06. The van der Waals surface area contributed by atoms with E-state index in [0.29, 0.717) is 26.4 Å². The van der Waals surface area contributed by atoms with Gasteiger partial charge in [-0.05, 0) is 0 Å². The fourth-order valence-electron chi connectivity index (χ4n) is 0.880. The molecular weight excluding hydrogens is 327 g/mol. The van der Waals surface area contributed by atoms with Crippen molar-refractivity contribution >= 4 is 23.2 Å². The zero-order valence-electron chi connectivity index (χ0n) is 12.0. The lowest BCUT2D eigenvalue weighted by Crippen LogP contribution is -2.23. The highest BCUT2D eigenvalue weighted by molar-refractivity contribution is 6.18. The third kappa shape index (κ3) is 22.7. The van der Waals surface area contributed by atoms with Crippen LogP contribution in [0.3, 0.4) is 0 Å². The van der Waals surface area contributed by atoms with Crippen LogP contribution in [0.1, 0.15) is 0 Å². The second-order valence-corrected chi connectivity index (χ2v) is 4.44. The van der Waals surface area contributed by atoms with Gasteiger partial charge in [0, 0.05) is 0 Å². The Kier molecular flexibility index (Phi) is 22.8. The Bertz CT molecular complexity index is 171. The molecule has 0 spiro atoms. The van der Waals surface area contributed by atoms with Crippen molar-refractivity contribution in [2.45, 2.75) is 12.2 Å². The number of aliphatic hydroxyl groups excluding tert-OH is 4. The summed E-state index contributed by atoms with van der Waals surface area (Å²) in [5.41, 5.74) is 0. The Morgan fingerprint density at radius 2 is 1.05 bits per heavy atom. The molecule has 0 saturated heterocycles. The average molecular weight is 353 g/mol. The molecule has 130 valence electrons. The Labute approximate surface area is 135 Å². The van der Waals surface area contributed by atoms with Gasteiger partial charge in [-0.2, -0.15) is 0 Å². The molecule has 0 radical (unpaired) electrons. The van der Waals surface area contributed by atoms with E-state index in [2.05, 4.69) is 0 Å². The van der Waals surface area contributed by atoms with E-state index in [1.54, 1.807) is 0 Å². The van der Waals surface area contributed by atoms with Crippen molar-refractivity contribution in [3.8, 4) is 0 Å². The molecule has 2 unspecified atom stereocenters. The second-order valence-electron chi connectivity index (χ2n) is 3.83. The molecular formula is C12H26Cl2O7. The molecule has 0 aliphatic rings. The maximum absolute atomic E-state index is 8.87. The quantitative estimate of drug-likeness (QED) is 0.254. The molecule has 0 saturated carbocycles. The molecule has 0 aromatic carbocycles. The van der Waals surface area contributed by atoms with Crippen LogP contribution in [-0.2, 0) is 14.2 Å². The van der Waals surface area contributed by atoms with E-state index < -0.39 is 12.2 Å². The highest BCUT2D eigenvalue weighted by atomic mass is 35.5. The van der Waals surface area contributed by atoms with Gasteiger partial charge in [-0.3, -0.25) is 0 Å². The summed E-state index contributed by atoms with van der Waals surface area (Å²) in [5.74, 6) is 0.272. The number of aliphatic hydroxyl groups is 4. The molecule has 0 aliphatic heterocycles. The van der Waals surface area contributed by atoms with Crippen LogP contribution >= 0.6 is 23.2 Å². The predicted octanol–water partition coefficient (Wildman–Crippen LogP) is -0.793. The molecule has 0 fully saturated rings. The minimum Gasteiger partial charge on any atom is -0.394 e. The summed E-state index contributed by atoms with van der Waals surface area (Å²) in [6.45, 7) is 2.00. The number of rotatable bonds is 13. The Balaban J connectivity index is 0. The van der Waals surface area contributed by atoms with E-state index in [1.165, 1.54) is 0 Å². The van der Waals surface area contributed by atoms with E-state index in [0.717, 1.165) is 0 Å². The van der Waals surface area contributed by atoms with Gasteiger partial charge in [0.25, 0.3) is 0 Å². The molecule has 0 bridgehead atoms. The van der Waals surface area contributed by atoms with Gasteiger partial charge >= 0.3 is 0 Å². The largest absolute Gasteiger partial charge is 0.394 e. The van der Waals surface area contributed by atoms with Crippen LogP contribution in [0.4, 0.5) is 0 Å². The van der Waals surface area contributed by atoms with Gasteiger partial charge < -0.3 is 34.6 Å². The summed E-state index contributed by atoms with van der Waals surface area (Å²) in [6.07, 6.45) is -1.33. The lowest BCUT2D eigenvalue weighted by molar-refractivity contribution is 0.00593. The van der Waals surface area contributed by atoms with Crippen LogP contribution in [0.25, 0.3) is 0 Å². The van der Waals surface area contributed by atoms with Gasteiger partial charge in [0.1, 0.15) is 0 Å². The first-order valence-electron chi connectivity index (χ1n) is 6.55. The Morgan fingerprint density at radius 1 is 0.667 bits per heavy atom. The van der Waals surface area contributed by atoms with Gasteiger partial charge in [-0.25, -0.2) is 0 Å². The summed E-state index contributed by atoms with van der Waals surface area (Å²) >= 11 is 10.6. The van der Waals surface area contributed by atoms with E-state index in [4.69, 9.17) is 57.8 Å². The molecule has 0 aliphatic carbocycles. The molecule has 4 N–H and O–H groups in total. The second kappa shape index (κ2) is 20.3. The molecule has 21 heavy (non-hydrogen) atoms. The number of hydrogen-bond acceptors (Lipinski definition) is 7. The summed E-state index contributed by atoms with van der Waals surface area (Å²) < 4.78 is 14.6. The first-order valence-corrected chi connectivity index (χ1v) is 7.62. The fraction of sp³-hybridized carbons (Fsp3) is 1.00. The maximum atomic E-state index is 8.87. The van der Waals surface area contributed by atoms with Gasteiger partial charge in [0.05, 0.1) is 76.8 Å². The van der Waals surface area contributed by atoms with Crippen LogP contribution in [0, 0.1) is 0 Å². The molecule has 7 nitrogen and oxygen atoms in total. The molecule has 0 rings (SSSR count). The van der Waals surface area contributed by atoms with E-state index in [1.807, 2.05) is 0 Å². The van der Waals surface area contributed by atoms with Gasteiger partial charge in [0.15, 0.2) is 0 Å². The van der Waals surface area contributed by atoms with Crippen LogP contribution < -0.4 is 0 Å². The third-order valence-electron chi connectivity index (χ3n) is 1.82. The molecule has 0 aromatic rings. The summed E-state index contributed by atoms with van der Waals surface area (Å²) in [6, 6.07) is 0.